The van der Waals surface area contributed by atoms with Crippen molar-refractivity contribution >= 4 is 0 Å². The van der Waals surface area contributed by atoms with Crippen molar-refractivity contribution in [3.63, 3.8) is 0 Å². The van der Waals surface area contributed by atoms with Gasteiger partial charge in [-0.1, -0.05) is 42.4 Å². The number of aromatic nitrogens is 2. The number of nitrogens with zero attached hydrogens (tertiary/aromatic N) is 2. The Bertz CT molecular complexity index is 546. The highest BCUT2D eigenvalue weighted by atomic mass is 16.5. The third kappa shape index (κ3) is 2.16. The van der Waals surface area contributed by atoms with E-state index in [0.29, 0.717) is 5.89 Å². The lowest BCUT2D eigenvalue weighted by Crippen LogP contribution is -2.18. The van der Waals surface area contributed by atoms with Gasteiger partial charge < -0.3 is 9.84 Å². The average molecular weight is 257 g/mol. The average Bonchev–Trinajstić information content (AvgIpc) is 3.10. The molecule has 1 aromatic heterocycles. The smallest absolute Gasteiger partial charge is 0.243 e. The zero-order chi connectivity index (χ0) is 13.3. The van der Waals surface area contributed by atoms with E-state index < -0.39 is 0 Å². The third-order valence-corrected chi connectivity index (χ3v) is 3.83. The van der Waals surface area contributed by atoms with Crippen LogP contribution in [0, 0.1) is 0 Å². The first-order valence-electron chi connectivity index (χ1n) is 6.89. The lowest BCUT2D eigenvalue weighted by atomic mass is 9.95. The largest absolute Gasteiger partial charge is 0.338 e. The molecule has 19 heavy (non-hydrogen) atoms. The van der Waals surface area contributed by atoms with E-state index >= 15 is 0 Å². The lowest BCUT2D eigenvalue weighted by Gasteiger charge is -2.10. The Morgan fingerprint density at radius 2 is 2.05 bits per heavy atom. The van der Waals surface area contributed by atoms with Crippen molar-refractivity contribution in [1.29, 1.82) is 0 Å². The van der Waals surface area contributed by atoms with Crippen molar-refractivity contribution in [1.82, 2.24) is 15.5 Å². The number of benzene rings is 1. The van der Waals surface area contributed by atoms with E-state index in [-0.39, 0.29) is 11.5 Å². The molecule has 1 unspecified atom stereocenters. The molecule has 1 atom stereocenters. The Kier molecular flexibility index (Phi) is 3.11. The number of nitrogens with one attached hydrogen (secondary N) is 1. The molecule has 2 aromatic rings. The summed E-state index contributed by atoms with van der Waals surface area (Å²) in [4.78, 5) is 4.60. The molecule has 3 rings (SSSR count). The quantitative estimate of drug-likeness (QED) is 0.895. The van der Waals surface area contributed by atoms with Gasteiger partial charge in [0.25, 0.3) is 0 Å². The minimum absolute atomic E-state index is 0.00502. The van der Waals surface area contributed by atoms with Gasteiger partial charge in [0.2, 0.25) is 5.89 Å². The van der Waals surface area contributed by atoms with Gasteiger partial charge in [-0.3, -0.25) is 0 Å². The zero-order valence-electron chi connectivity index (χ0n) is 11.4. The van der Waals surface area contributed by atoms with Crippen molar-refractivity contribution < 1.29 is 4.52 Å². The van der Waals surface area contributed by atoms with Crippen LogP contribution in [0.3, 0.4) is 0 Å². The van der Waals surface area contributed by atoms with E-state index in [1.54, 1.807) is 0 Å². The minimum atomic E-state index is -0.00502. The monoisotopic (exact) mass is 257 g/mol. The van der Waals surface area contributed by atoms with Gasteiger partial charge in [-0.05, 0) is 31.9 Å². The van der Waals surface area contributed by atoms with Gasteiger partial charge in [-0.2, -0.15) is 4.98 Å². The highest BCUT2D eigenvalue weighted by Gasteiger charge is 2.50. The van der Waals surface area contributed by atoms with Crippen LogP contribution >= 0.6 is 0 Å². The van der Waals surface area contributed by atoms with E-state index in [1.165, 1.54) is 5.56 Å². The molecule has 4 heteroatoms. The van der Waals surface area contributed by atoms with Crippen LogP contribution in [0.25, 0.3) is 0 Å². The Morgan fingerprint density at radius 3 is 2.68 bits per heavy atom. The van der Waals surface area contributed by atoms with Crippen LogP contribution in [0.15, 0.2) is 34.9 Å². The Hall–Kier alpha value is -1.68. The number of hydrogen-bond donors (Lipinski definition) is 1. The van der Waals surface area contributed by atoms with Crippen LogP contribution in [-0.2, 0) is 5.41 Å². The van der Waals surface area contributed by atoms with Crippen LogP contribution in [0.5, 0.6) is 0 Å². The van der Waals surface area contributed by atoms with E-state index in [1.807, 2.05) is 13.0 Å². The Morgan fingerprint density at radius 1 is 1.32 bits per heavy atom. The molecule has 1 aliphatic rings. The molecule has 0 amide bonds. The molecule has 1 aromatic carbocycles. The molecular formula is C15H19N3O. The van der Waals surface area contributed by atoms with Gasteiger partial charge in [-0.15, -0.1) is 0 Å². The maximum Gasteiger partial charge on any atom is 0.243 e. The van der Waals surface area contributed by atoms with Crippen LogP contribution in [0.1, 0.15) is 50.0 Å². The molecule has 0 aliphatic heterocycles. The molecule has 1 fully saturated rings. The second-order valence-corrected chi connectivity index (χ2v) is 5.18. The molecule has 1 heterocycles. The molecule has 0 radical (unpaired) electrons. The third-order valence-electron chi connectivity index (χ3n) is 3.83. The van der Waals surface area contributed by atoms with Gasteiger partial charge in [0.1, 0.15) is 0 Å². The molecule has 1 aliphatic carbocycles. The summed E-state index contributed by atoms with van der Waals surface area (Å²) in [6.45, 7) is 5.01. The molecule has 0 bridgehead atoms. The zero-order valence-corrected chi connectivity index (χ0v) is 11.4. The summed E-state index contributed by atoms with van der Waals surface area (Å²) in [7, 11) is 0. The van der Waals surface area contributed by atoms with Gasteiger partial charge in [0.15, 0.2) is 5.82 Å². The molecule has 1 saturated carbocycles. The molecule has 0 saturated heterocycles. The predicted molar refractivity (Wildman–Crippen MR) is 72.8 cm³/mol. The highest BCUT2D eigenvalue weighted by Crippen LogP contribution is 2.52. The van der Waals surface area contributed by atoms with Crippen molar-refractivity contribution in [3.05, 3.63) is 47.6 Å². The fourth-order valence-electron chi connectivity index (χ4n) is 2.52. The molecular weight excluding hydrogens is 238 g/mol. The summed E-state index contributed by atoms with van der Waals surface area (Å²) in [5.41, 5.74) is 1.29. The van der Waals surface area contributed by atoms with E-state index in [4.69, 9.17) is 4.52 Å². The van der Waals surface area contributed by atoms with E-state index in [2.05, 4.69) is 46.6 Å². The molecule has 100 valence electrons. The van der Waals surface area contributed by atoms with Crippen molar-refractivity contribution in [3.8, 4) is 0 Å². The van der Waals surface area contributed by atoms with Crippen molar-refractivity contribution in [2.45, 2.75) is 38.1 Å². The molecule has 4 nitrogen and oxygen atoms in total. The van der Waals surface area contributed by atoms with E-state index in [0.717, 1.165) is 25.2 Å². The van der Waals surface area contributed by atoms with Gasteiger partial charge in [0.05, 0.1) is 11.5 Å². The van der Waals surface area contributed by atoms with Crippen LogP contribution in [0.4, 0.5) is 0 Å². The normalized spacial score (nSPS) is 18.2. The predicted octanol–water partition coefficient (Wildman–Crippen LogP) is 2.82. The standard InChI is InChI=1S/C15H19N3O/c1-3-16-11(2)13-17-14(18-19-13)15(9-10-15)12-7-5-4-6-8-12/h4-8,11,16H,3,9-10H2,1-2H3. The van der Waals surface area contributed by atoms with Gasteiger partial charge in [0, 0.05) is 0 Å². The summed E-state index contributed by atoms with van der Waals surface area (Å²) in [5, 5.41) is 7.49. The van der Waals surface area contributed by atoms with Crippen molar-refractivity contribution in [2.75, 3.05) is 6.54 Å². The first kappa shape index (κ1) is 12.4. The fraction of sp³-hybridized carbons (Fsp3) is 0.467. The SMILES string of the molecule is CCNC(C)c1nc(C2(c3ccccc3)CC2)no1. The van der Waals surface area contributed by atoms with Gasteiger partial charge >= 0.3 is 0 Å². The second-order valence-electron chi connectivity index (χ2n) is 5.18. The first-order valence-corrected chi connectivity index (χ1v) is 6.89. The fourth-order valence-corrected chi connectivity index (χ4v) is 2.52. The summed E-state index contributed by atoms with van der Waals surface area (Å²) in [6.07, 6.45) is 2.21. The van der Waals surface area contributed by atoms with E-state index in [9.17, 15) is 0 Å². The Balaban J connectivity index is 1.87. The lowest BCUT2D eigenvalue weighted by molar-refractivity contribution is 0.337. The second kappa shape index (κ2) is 4.78. The Labute approximate surface area is 113 Å². The first-order chi connectivity index (χ1) is 9.26. The van der Waals surface area contributed by atoms with Gasteiger partial charge in [-0.25, -0.2) is 0 Å². The van der Waals surface area contributed by atoms with Crippen LogP contribution in [0.2, 0.25) is 0 Å². The highest BCUT2D eigenvalue weighted by molar-refractivity contribution is 5.38. The maximum absolute atomic E-state index is 5.40. The summed E-state index contributed by atoms with van der Waals surface area (Å²) in [5.74, 6) is 1.51. The molecule has 0 spiro atoms. The number of hydrogen-bond acceptors (Lipinski definition) is 4. The number of rotatable bonds is 5. The van der Waals surface area contributed by atoms with Crippen LogP contribution in [-0.4, -0.2) is 16.7 Å². The summed E-state index contributed by atoms with van der Waals surface area (Å²) >= 11 is 0. The summed E-state index contributed by atoms with van der Waals surface area (Å²) < 4.78 is 5.40. The minimum Gasteiger partial charge on any atom is -0.338 e. The summed E-state index contributed by atoms with van der Waals surface area (Å²) in [6, 6.07) is 10.6. The maximum atomic E-state index is 5.40. The van der Waals surface area contributed by atoms with Crippen molar-refractivity contribution in [2.24, 2.45) is 0 Å². The van der Waals surface area contributed by atoms with Crippen LogP contribution < -0.4 is 5.32 Å². The molecule has 1 N–H and O–H groups in total. The topological polar surface area (TPSA) is 51.0 Å².